The number of benzene rings is 1. The van der Waals surface area contributed by atoms with Gasteiger partial charge in [-0.3, -0.25) is 0 Å². The minimum absolute atomic E-state index is 0.472. The van der Waals surface area contributed by atoms with Gasteiger partial charge in [-0.15, -0.1) is 0 Å². The molecule has 0 aliphatic rings. The molecule has 4 nitrogen and oxygen atoms in total. The molecule has 1 rings (SSSR count). The Morgan fingerprint density at radius 2 is 2.06 bits per heavy atom. The van der Waals surface area contributed by atoms with Crippen LogP contribution in [0, 0.1) is 0 Å². The Labute approximate surface area is 99.9 Å². The number of alkyl halides is 1. The predicted octanol–water partition coefficient (Wildman–Crippen LogP) is 1.87. The van der Waals surface area contributed by atoms with Crippen LogP contribution in [0.5, 0.6) is 0 Å². The SMILES string of the molecule is CO[C@H](c1ccc(/C(C)=N/O)cc1)[C@H](N)CF. The van der Waals surface area contributed by atoms with Crippen molar-refractivity contribution in [3.8, 4) is 0 Å². The maximum atomic E-state index is 12.5. The van der Waals surface area contributed by atoms with Crippen molar-refractivity contribution in [1.82, 2.24) is 0 Å². The molecule has 17 heavy (non-hydrogen) atoms. The highest BCUT2D eigenvalue weighted by molar-refractivity contribution is 5.98. The summed E-state index contributed by atoms with van der Waals surface area (Å²) >= 11 is 0. The van der Waals surface area contributed by atoms with E-state index in [2.05, 4.69) is 5.16 Å². The molecule has 0 aliphatic carbocycles. The maximum Gasteiger partial charge on any atom is 0.107 e. The Morgan fingerprint density at radius 1 is 1.47 bits per heavy atom. The molecule has 1 aromatic carbocycles. The second-order valence-corrected chi connectivity index (χ2v) is 3.78. The molecule has 2 atom stereocenters. The lowest BCUT2D eigenvalue weighted by atomic mass is 10.0. The molecular weight excluding hydrogens is 223 g/mol. The first-order chi connectivity index (χ1) is 8.13. The lowest BCUT2D eigenvalue weighted by molar-refractivity contribution is 0.0721. The van der Waals surface area contributed by atoms with E-state index in [9.17, 15) is 4.39 Å². The first-order valence-electron chi connectivity index (χ1n) is 5.27. The van der Waals surface area contributed by atoms with Crippen LogP contribution in [0.1, 0.15) is 24.2 Å². The number of halogens is 1. The molecule has 0 saturated heterocycles. The summed E-state index contributed by atoms with van der Waals surface area (Å²) in [6.45, 7) is 1.05. The second kappa shape index (κ2) is 6.32. The van der Waals surface area contributed by atoms with E-state index in [4.69, 9.17) is 15.7 Å². The van der Waals surface area contributed by atoms with Crippen molar-refractivity contribution < 1.29 is 14.3 Å². The zero-order chi connectivity index (χ0) is 12.8. The Hall–Kier alpha value is -1.46. The van der Waals surface area contributed by atoms with Gasteiger partial charge in [0.25, 0.3) is 0 Å². The Kier molecular flexibility index (Phi) is 5.06. The largest absolute Gasteiger partial charge is 0.411 e. The number of oxime groups is 1. The average Bonchev–Trinajstić information content (AvgIpc) is 2.39. The summed E-state index contributed by atoms with van der Waals surface area (Å²) in [5.74, 6) is 0. The van der Waals surface area contributed by atoms with E-state index in [0.717, 1.165) is 11.1 Å². The zero-order valence-electron chi connectivity index (χ0n) is 9.93. The molecular formula is C12H17FN2O2. The standard InChI is InChI=1S/C12H17FN2O2/c1-8(15-16)9-3-5-10(6-4-9)12(17-2)11(14)7-13/h3-6,11-12,16H,7,14H2,1-2H3/b15-8+/t11-,12-/m1/s1. The highest BCUT2D eigenvalue weighted by atomic mass is 19.1. The van der Waals surface area contributed by atoms with Gasteiger partial charge in [-0.25, -0.2) is 4.39 Å². The molecule has 0 spiro atoms. The van der Waals surface area contributed by atoms with Gasteiger partial charge < -0.3 is 15.7 Å². The van der Waals surface area contributed by atoms with Crippen LogP contribution in [-0.2, 0) is 4.74 Å². The number of methoxy groups -OCH3 is 1. The van der Waals surface area contributed by atoms with Crippen molar-refractivity contribution in [3.05, 3.63) is 35.4 Å². The molecule has 0 aromatic heterocycles. The second-order valence-electron chi connectivity index (χ2n) is 3.78. The number of hydrogen-bond acceptors (Lipinski definition) is 4. The van der Waals surface area contributed by atoms with E-state index >= 15 is 0 Å². The van der Waals surface area contributed by atoms with Crippen molar-refractivity contribution in [1.29, 1.82) is 0 Å². The molecule has 0 saturated carbocycles. The van der Waals surface area contributed by atoms with Gasteiger partial charge in [-0.1, -0.05) is 29.4 Å². The van der Waals surface area contributed by atoms with Crippen molar-refractivity contribution in [3.63, 3.8) is 0 Å². The summed E-state index contributed by atoms with van der Waals surface area (Å²) in [7, 11) is 1.49. The third-order valence-electron chi connectivity index (χ3n) is 2.63. The van der Waals surface area contributed by atoms with Crippen LogP contribution in [0.25, 0.3) is 0 Å². The topological polar surface area (TPSA) is 67.8 Å². The van der Waals surface area contributed by atoms with E-state index in [-0.39, 0.29) is 0 Å². The monoisotopic (exact) mass is 240 g/mol. The van der Waals surface area contributed by atoms with E-state index in [1.54, 1.807) is 31.2 Å². The zero-order valence-corrected chi connectivity index (χ0v) is 9.93. The minimum atomic E-state index is -0.682. The average molecular weight is 240 g/mol. The molecule has 1 aromatic rings. The van der Waals surface area contributed by atoms with E-state index < -0.39 is 18.8 Å². The first kappa shape index (κ1) is 13.6. The molecule has 3 N–H and O–H groups in total. The Morgan fingerprint density at radius 3 is 2.47 bits per heavy atom. The summed E-state index contributed by atoms with van der Waals surface area (Å²) < 4.78 is 17.7. The van der Waals surface area contributed by atoms with Crippen molar-refractivity contribution in [2.45, 2.75) is 19.1 Å². The first-order valence-corrected chi connectivity index (χ1v) is 5.27. The molecule has 5 heteroatoms. The highest BCUT2D eigenvalue weighted by Crippen LogP contribution is 2.20. The van der Waals surface area contributed by atoms with Crippen LogP contribution in [0.15, 0.2) is 29.4 Å². The number of nitrogens with two attached hydrogens (primary N) is 1. The van der Waals surface area contributed by atoms with Crippen LogP contribution in [0.3, 0.4) is 0 Å². The van der Waals surface area contributed by atoms with Crippen LogP contribution in [0.2, 0.25) is 0 Å². The number of hydrogen-bond donors (Lipinski definition) is 2. The van der Waals surface area contributed by atoms with Crippen LogP contribution in [-0.4, -0.2) is 30.7 Å². The van der Waals surface area contributed by atoms with E-state index in [1.807, 2.05) is 0 Å². The maximum absolute atomic E-state index is 12.5. The van der Waals surface area contributed by atoms with Gasteiger partial charge >= 0.3 is 0 Å². The molecule has 0 heterocycles. The molecule has 0 aliphatic heterocycles. The fraction of sp³-hybridized carbons (Fsp3) is 0.417. The summed E-state index contributed by atoms with van der Waals surface area (Å²) in [6.07, 6.45) is -0.472. The van der Waals surface area contributed by atoms with Gasteiger partial charge in [-0.2, -0.15) is 0 Å². The highest BCUT2D eigenvalue weighted by Gasteiger charge is 2.19. The van der Waals surface area contributed by atoms with Crippen LogP contribution < -0.4 is 5.73 Å². The molecule has 0 bridgehead atoms. The molecule has 0 fully saturated rings. The number of ether oxygens (including phenoxy) is 1. The predicted molar refractivity (Wildman–Crippen MR) is 64.1 cm³/mol. The third-order valence-corrected chi connectivity index (χ3v) is 2.63. The number of rotatable bonds is 5. The van der Waals surface area contributed by atoms with E-state index in [0.29, 0.717) is 5.71 Å². The normalized spacial score (nSPS) is 15.6. The van der Waals surface area contributed by atoms with Crippen LogP contribution >= 0.6 is 0 Å². The summed E-state index contributed by atoms with van der Waals surface area (Å²) in [6, 6.07) is 6.45. The smallest absolute Gasteiger partial charge is 0.107 e. The molecule has 94 valence electrons. The summed E-state index contributed by atoms with van der Waals surface area (Å²) in [5, 5.41) is 11.7. The van der Waals surface area contributed by atoms with Gasteiger partial charge in [0.05, 0.1) is 17.9 Å². The molecule has 0 amide bonds. The quantitative estimate of drug-likeness (QED) is 0.469. The minimum Gasteiger partial charge on any atom is -0.411 e. The van der Waals surface area contributed by atoms with Gasteiger partial charge in [0.2, 0.25) is 0 Å². The third kappa shape index (κ3) is 3.25. The van der Waals surface area contributed by atoms with Crippen molar-refractivity contribution >= 4 is 5.71 Å². The fourth-order valence-corrected chi connectivity index (χ4v) is 1.61. The van der Waals surface area contributed by atoms with Gasteiger partial charge in [0.15, 0.2) is 0 Å². The van der Waals surface area contributed by atoms with Crippen molar-refractivity contribution in [2.75, 3.05) is 13.8 Å². The summed E-state index contributed by atoms with van der Waals surface area (Å²) in [5.41, 5.74) is 7.72. The molecule has 0 radical (unpaired) electrons. The van der Waals surface area contributed by atoms with Gasteiger partial charge in [-0.05, 0) is 18.1 Å². The lowest BCUT2D eigenvalue weighted by Gasteiger charge is -2.20. The van der Waals surface area contributed by atoms with Gasteiger partial charge in [0, 0.05) is 7.11 Å². The van der Waals surface area contributed by atoms with E-state index in [1.165, 1.54) is 7.11 Å². The Balaban J connectivity index is 2.92. The number of nitrogens with zero attached hydrogens (tertiary/aromatic N) is 1. The van der Waals surface area contributed by atoms with Crippen LogP contribution in [0.4, 0.5) is 4.39 Å². The fourth-order valence-electron chi connectivity index (χ4n) is 1.61. The molecule has 0 unspecified atom stereocenters. The van der Waals surface area contributed by atoms with Crippen molar-refractivity contribution in [2.24, 2.45) is 10.9 Å². The summed E-state index contributed by atoms with van der Waals surface area (Å²) in [4.78, 5) is 0. The lowest BCUT2D eigenvalue weighted by Crippen LogP contribution is -2.31. The van der Waals surface area contributed by atoms with Gasteiger partial charge in [0.1, 0.15) is 6.67 Å². The Bertz CT molecular complexity index is 379.